The summed E-state index contributed by atoms with van der Waals surface area (Å²) >= 11 is 3.41. The minimum atomic E-state index is -0.742. The van der Waals surface area contributed by atoms with Crippen LogP contribution in [0.3, 0.4) is 0 Å². The Morgan fingerprint density at radius 2 is 2.18 bits per heavy atom. The van der Waals surface area contributed by atoms with Crippen LogP contribution in [-0.2, 0) is 4.79 Å². The molecule has 0 aliphatic rings. The van der Waals surface area contributed by atoms with Gasteiger partial charge in [0.05, 0.1) is 5.41 Å². The molecule has 92 valence electrons. The van der Waals surface area contributed by atoms with E-state index in [1.807, 2.05) is 36.4 Å². The van der Waals surface area contributed by atoms with Crippen molar-refractivity contribution in [2.75, 3.05) is 0 Å². The Morgan fingerprint density at radius 1 is 1.47 bits per heavy atom. The van der Waals surface area contributed by atoms with Gasteiger partial charge in [-0.25, -0.2) is 0 Å². The van der Waals surface area contributed by atoms with E-state index >= 15 is 0 Å². The second-order valence-electron chi connectivity index (χ2n) is 4.69. The van der Waals surface area contributed by atoms with Gasteiger partial charge in [0.1, 0.15) is 0 Å². The van der Waals surface area contributed by atoms with Crippen molar-refractivity contribution in [3.63, 3.8) is 0 Å². The second kappa shape index (κ2) is 6.01. The fourth-order valence-electron chi connectivity index (χ4n) is 1.38. The number of hydrogen-bond acceptors (Lipinski definition) is 1. The fourth-order valence-corrected chi connectivity index (χ4v) is 1.80. The largest absolute Gasteiger partial charge is 0.481 e. The van der Waals surface area contributed by atoms with Gasteiger partial charge in [-0.15, -0.1) is 0 Å². The van der Waals surface area contributed by atoms with Gasteiger partial charge in [0.25, 0.3) is 0 Å². The van der Waals surface area contributed by atoms with E-state index in [0.717, 1.165) is 16.5 Å². The third-order valence-corrected chi connectivity index (χ3v) is 3.17. The number of carboxylic acids is 1. The van der Waals surface area contributed by atoms with Gasteiger partial charge in [-0.1, -0.05) is 40.2 Å². The number of carboxylic acid groups (broad SMARTS) is 1. The smallest absolute Gasteiger partial charge is 0.309 e. The summed E-state index contributed by atoms with van der Waals surface area (Å²) < 4.78 is 1.05. The number of halogens is 1. The van der Waals surface area contributed by atoms with Gasteiger partial charge < -0.3 is 5.11 Å². The monoisotopic (exact) mass is 296 g/mol. The van der Waals surface area contributed by atoms with Crippen LogP contribution in [0.25, 0.3) is 6.08 Å². The predicted molar refractivity (Wildman–Crippen MR) is 73.8 cm³/mol. The molecular weight excluding hydrogens is 280 g/mol. The van der Waals surface area contributed by atoms with Crippen LogP contribution >= 0.6 is 15.9 Å². The van der Waals surface area contributed by atoms with Gasteiger partial charge in [0.15, 0.2) is 0 Å². The Bertz CT molecular complexity index is 422. The lowest BCUT2D eigenvalue weighted by molar-refractivity contribution is -0.147. The van der Waals surface area contributed by atoms with E-state index in [2.05, 4.69) is 15.9 Å². The summed E-state index contributed by atoms with van der Waals surface area (Å²) in [6, 6.07) is 8.00. The average Bonchev–Trinajstić information content (AvgIpc) is 2.24. The van der Waals surface area contributed by atoms with Gasteiger partial charge in [-0.2, -0.15) is 0 Å². The normalized spacial score (nSPS) is 11.9. The number of carbonyl (C=O) groups is 1. The quantitative estimate of drug-likeness (QED) is 0.877. The van der Waals surface area contributed by atoms with Crippen LogP contribution < -0.4 is 0 Å². The molecule has 0 unspecified atom stereocenters. The van der Waals surface area contributed by atoms with Gasteiger partial charge in [0.2, 0.25) is 0 Å². The summed E-state index contributed by atoms with van der Waals surface area (Å²) in [6.45, 7) is 3.50. The maximum Gasteiger partial charge on any atom is 0.309 e. The van der Waals surface area contributed by atoms with Gasteiger partial charge >= 0.3 is 5.97 Å². The summed E-state index contributed by atoms with van der Waals surface area (Å²) in [7, 11) is 0. The molecule has 3 heteroatoms. The van der Waals surface area contributed by atoms with E-state index < -0.39 is 11.4 Å². The molecule has 17 heavy (non-hydrogen) atoms. The van der Waals surface area contributed by atoms with Crippen LogP contribution in [0.1, 0.15) is 32.3 Å². The van der Waals surface area contributed by atoms with Crippen LogP contribution in [0.15, 0.2) is 34.8 Å². The number of rotatable bonds is 5. The Hall–Kier alpha value is -1.09. The number of aliphatic carboxylic acids is 1. The Labute approximate surface area is 110 Å². The van der Waals surface area contributed by atoms with Crippen molar-refractivity contribution in [2.45, 2.75) is 26.7 Å². The van der Waals surface area contributed by atoms with Crippen molar-refractivity contribution in [3.05, 3.63) is 40.4 Å². The molecule has 0 saturated heterocycles. The van der Waals surface area contributed by atoms with Gasteiger partial charge in [-0.05, 0) is 44.4 Å². The molecule has 0 aromatic heterocycles. The standard InChI is InChI=1S/C14H17BrO2/c1-14(2,13(16)17)9-4-3-6-11-7-5-8-12(15)10-11/h3,5-8,10H,4,9H2,1-2H3,(H,16,17)/b6-3+. The summed E-state index contributed by atoms with van der Waals surface area (Å²) in [6.07, 6.45) is 5.45. The van der Waals surface area contributed by atoms with E-state index in [1.165, 1.54) is 0 Å². The molecule has 0 heterocycles. The Kier molecular flexibility index (Phi) is 4.94. The van der Waals surface area contributed by atoms with Crippen LogP contribution in [0.2, 0.25) is 0 Å². The summed E-state index contributed by atoms with van der Waals surface area (Å²) in [5.41, 5.74) is 0.467. The van der Waals surface area contributed by atoms with E-state index in [0.29, 0.717) is 6.42 Å². The molecule has 1 N–H and O–H groups in total. The van der Waals surface area contributed by atoms with Crippen molar-refractivity contribution < 1.29 is 9.90 Å². The SMILES string of the molecule is CC(C)(CC/C=C/c1cccc(Br)c1)C(=O)O. The molecule has 0 aliphatic heterocycles. The topological polar surface area (TPSA) is 37.3 Å². The zero-order valence-corrected chi connectivity index (χ0v) is 11.7. The van der Waals surface area contributed by atoms with Crippen molar-refractivity contribution in [1.29, 1.82) is 0 Å². The fraction of sp³-hybridized carbons (Fsp3) is 0.357. The molecular formula is C14H17BrO2. The lowest BCUT2D eigenvalue weighted by Crippen LogP contribution is -2.22. The first-order valence-corrected chi connectivity index (χ1v) is 6.36. The first-order chi connectivity index (χ1) is 7.92. The first-order valence-electron chi connectivity index (χ1n) is 5.57. The molecule has 1 rings (SSSR count). The summed E-state index contributed by atoms with van der Waals surface area (Å²) in [4.78, 5) is 10.9. The maximum absolute atomic E-state index is 10.9. The average molecular weight is 297 g/mol. The van der Waals surface area contributed by atoms with Gasteiger partial charge in [0, 0.05) is 4.47 Å². The summed E-state index contributed by atoms with van der Waals surface area (Å²) in [5, 5.41) is 8.96. The molecule has 0 atom stereocenters. The molecule has 0 aliphatic carbocycles. The van der Waals surface area contributed by atoms with Crippen molar-refractivity contribution in [1.82, 2.24) is 0 Å². The maximum atomic E-state index is 10.9. The number of hydrogen-bond donors (Lipinski definition) is 1. The van der Waals surface area contributed by atoms with E-state index in [9.17, 15) is 4.79 Å². The number of benzene rings is 1. The second-order valence-corrected chi connectivity index (χ2v) is 5.60. The van der Waals surface area contributed by atoms with Crippen LogP contribution in [0.4, 0.5) is 0 Å². The molecule has 1 aromatic carbocycles. The lowest BCUT2D eigenvalue weighted by atomic mass is 9.88. The molecule has 0 amide bonds. The molecule has 1 aromatic rings. The number of allylic oxidation sites excluding steroid dienone is 1. The Morgan fingerprint density at radius 3 is 2.76 bits per heavy atom. The van der Waals surface area contributed by atoms with Crippen molar-refractivity contribution in [2.24, 2.45) is 5.41 Å². The third kappa shape index (κ3) is 4.73. The van der Waals surface area contributed by atoms with Crippen LogP contribution in [0.5, 0.6) is 0 Å². The molecule has 0 bridgehead atoms. The molecule has 0 radical (unpaired) electrons. The van der Waals surface area contributed by atoms with Crippen LogP contribution in [-0.4, -0.2) is 11.1 Å². The minimum Gasteiger partial charge on any atom is -0.481 e. The molecule has 2 nitrogen and oxygen atoms in total. The zero-order chi connectivity index (χ0) is 12.9. The summed E-state index contributed by atoms with van der Waals surface area (Å²) in [5.74, 6) is -0.742. The van der Waals surface area contributed by atoms with Crippen LogP contribution in [0, 0.1) is 5.41 Å². The van der Waals surface area contributed by atoms with Crippen molar-refractivity contribution >= 4 is 28.0 Å². The highest BCUT2D eigenvalue weighted by atomic mass is 79.9. The zero-order valence-electron chi connectivity index (χ0n) is 10.1. The Balaban J connectivity index is 2.49. The molecule has 0 spiro atoms. The molecule has 0 fully saturated rings. The highest BCUT2D eigenvalue weighted by Gasteiger charge is 2.25. The lowest BCUT2D eigenvalue weighted by Gasteiger charge is -2.17. The van der Waals surface area contributed by atoms with Crippen molar-refractivity contribution in [3.8, 4) is 0 Å². The van der Waals surface area contributed by atoms with E-state index in [-0.39, 0.29) is 0 Å². The third-order valence-electron chi connectivity index (χ3n) is 2.67. The highest BCUT2D eigenvalue weighted by molar-refractivity contribution is 9.10. The predicted octanol–water partition coefficient (Wildman–Crippen LogP) is 4.35. The highest BCUT2D eigenvalue weighted by Crippen LogP contribution is 2.23. The first kappa shape index (κ1) is 14.0. The van der Waals surface area contributed by atoms with E-state index in [4.69, 9.17) is 5.11 Å². The molecule has 0 saturated carbocycles. The van der Waals surface area contributed by atoms with Gasteiger partial charge in [-0.3, -0.25) is 4.79 Å². The minimum absolute atomic E-state index is 0.646. The van der Waals surface area contributed by atoms with E-state index in [1.54, 1.807) is 13.8 Å².